The van der Waals surface area contributed by atoms with Gasteiger partial charge in [-0.15, -0.1) is 0 Å². The van der Waals surface area contributed by atoms with Crippen molar-refractivity contribution in [1.82, 2.24) is 15.2 Å². The monoisotopic (exact) mass is 419 g/mol. The Hall–Kier alpha value is -2.40. The third-order valence-corrected chi connectivity index (χ3v) is 7.16. The van der Waals surface area contributed by atoms with Crippen molar-refractivity contribution in [2.24, 2.45) is 11.8 Å². The van der Waals surface area contributed by atoms with Gasteiger partial charge in [0.2, 0.25) is 5.91 Å². The lowest BCUT2D eigenvalue weighted by atomic mass is 9.83. The van der Waals surface area contributed by atoms with E-state index in [2.05, 4.69) is 46.4 Å². The molecule has 1 aromatic heterocycles. The molecule has 5 rings (SSSR count). The summed E-state index contributed by atoms with van der Waals surface area (Å²) in [6.07, 6.45) is 8.62. The van der Waals surface area contributed by atoms with Gasteiger partial charge in [0.1, 0.15) is 11.9 Å². The average molecular weight is 420 g/mol. The van der Waals surface area contributed by atoms with Gasteiger partial charge < -0.3 is 10.1 Å². The van der Waals surface area contributed by atoms with E-state index >= 15 is 0 Å². The predicted molar refractivity (Wildman–Crippen MR) is 121 cm³/mol. The molecule has 0 bridgehead atoms. The molecule has 31 heavy (non-hydrogen) atoms. The Labute approximate surface area is 185 Å². The molecule has 1 N–H and O–H groups in total. The molecule has 1 saturated carbocycles. The zero-order valence-electron chi connectivity index (χ0n) is 18.4. The molecule has 2 aromatic rings. The van der Waals surface area contributed by atoms with Crippen LogP contribution in [-0.4, -0.2) is 35.0 Å². The lowest BCUT2D eigenvalue weighted by molar-refractivity contribution is -0.128. The fourth-order valence-electron chi connectivity index (χ4n) is 5.27. The van der Waals surface area contributed by atoms with Crippen molar-refractivity contribution in [2.45, 2.75) is 64.1 Å². The molecular weight excluding hydrogens is 386 g/mol. The van der Waals surface area contributed by atoms with Crippen LogP contribution in [0.5, 0.6) is 5.75 Å². The number of amides is 1. The standard InChI is InChI=1S/C26H33N3O2/c1-18-14-22-15-19(10-11-24(22)31-18)16-29-13-5-8-21(17-29)25(23-9-2-3-12-27-23)28-26(30)20-6-4-7-20/h2-3,9-12,15,18,20-21,25H,4-8,13-14,16-17H2,1H3,(H,28,30)/t18-,21-,25+/m1/s1. The van der Waals surface area contributed by atoms with E-state index in [9.17, 15) is 4.79 Å². The maximum absolute atomic E-state index is 12.8. The zero-order valence-corrected chi connectivity index (χ0v) is 18.4. The predicted octanol–water partition coefficient (Wildman–Crippen LogP) is 4.27. The minimum Gasteiger partial charge on any atom is -0.490 e. The Kier molecular flexibility index (Phi) is 5.95. The SMILES string of the molecule is C[C@@H]1Cc2cc(CN3CCC[C@@H]([C@H](NC(=O)C4CCC4)c4ccccn4)C3)ccc2O1. The summed E-state index contributed by atoms with van der Waals surface area (Å²) in [5, 5.41) is 3.38. The Morgan fingerprint density at radius 3 is 2.90 bits per heavy atom. The second-order valence-corrected chi connectivity index (χ2v) is 9.58. The lowest BCUT2D eigenvalue weighted by Gasteiger charge is -2.38. The van der Waals surface area contributed by atoms with Crippen LogP contribution in [0.4, 0.5) is 0 Å². The molecular formula is C26H33N3O2. The number of piperidine rings is 1. The van der Waals surface area contributed by atoms with E-state index in [-0.39, 0.29) is 24.0 Å². The Bertz CT molecular complexity index is 912. The number of likely N-dealkylation sites (tertiary alicyclic amines) is 1. The van der Waals surface area contributed by atoms with Gasteiger partial charge in [0, 0.05) is 31.6 Å². The Morgan fingerprint density at radius 1 is 1.23 bits per heavy atom. The summed E-state index contributed by atoms with van der Waals surface area (Å²) in [6, 6.07) is 12.7. The number of ether oxygens (including phenoxy) is 1. The summed E-state index contributed by atoms with van der Waals surface area (Å²) in [4.78, 5) is 20.0. The minimum atomic E-state index is -0.00799. The number of carbonyl (C=O) groups is 1. The van der Waals surface area contributed by atoms with Crippen LogP contribution in [0.3, 0.4) is 0 Å². The number of rotatable bonds is 6. The van der Waals surface area contributed by atoms with Gasteiger partial charge in [-0.3, -0.25) is 14.7 Å². The van der Waals surface area contributed by atoms with Crippen LogP contribution in [0.25, 0.3) is 0 Å². The summed E-state index contributed by atoms with van der Waals surface area (Å²) >= 11 is 0. The maximum atomic E-state index is 12.8. The van der Waals surface area contributed by atoms with E-state index in [0.29, 0.717) is 5.92 Å². The second-order valence-electron chi connectivity index (χ2n) is 9.58. The van der Waals surface area contributed by atoms with Crippen molar-refractivity contribution in [3.8, 4) is 5.75 Å². The van der Waals surface area contributed by atoms with Crippen molar-refractivity contribution in [1.29, 1.82) is 0 Å². The summed E-state index contributed by atoms with van der Waals surface area (Å²) in [5.41, 5.74) is 3.67. The molecule has 2 fully saturated rings. The highest BCUT2D eigenvalue weighted by atomic mass is 16.5. The van der Waals surface area contributed by atoms with Crippen molar-refractivity contribution in [3.63, 3.8) is 0 Å². The fraction of sp³-hybridized carbons (Fsp3) is 0.538. The highest BCUT2D eigenvalue weighted by Crippen LogP contribution is 2.33. The summed E-state index contributed by atoms with van der Waals surface area (Å²) in [7, 11) is 0. The topological polar surface area (TPSA) is 54.5 Å². The van der Waals surface area contributed by atoms with Crippen molar-refractivity contribution in [2.75, 3.05) is 13.1 Å². The van der Waals surface area contributed by atoms with Crippen LogP contribution in [0.2, 0.25) is 0 Å². The number of carbonyl (C=O) groups excluding carboxylic acids is 1. The van der Waals surface area contributed by atoms with Gasteiger partial charge in [0.05, 0.1) is 11.7 Å². The highest BCUT2D eigenvalue weighted by molar-refractivity contribution is 5.79. The van der Waals surface area contributed by atoms with Crippen LogP contribution < -0.4 is 10.1 Å². The largest absolute Gasteiger partial charge is 0.490 e. The zero-order chi connectivity index (χ0) is 21.2. The number of hydrogen-bond donors (Lipinski definition) is 1. The molecule has 5 heteroatoms. The van der Waals surface area contributed by atoms with E-state index in [0.717, 1.165) is 63.2 Å². The molecule has 3 heterocycles. The molecule has 5 nitrogen and oxygen atoms in total. The Balaban J connectivity index is 1.29. The van der Waals surface area contributed by atoms with Crippen molar-refractivity contribution >= 4 is 5.91 Å². The highest BCUT2D eigenvalue weighted by Gasteiger charge is 2.33. The number of nitrogens with zero attached hydrogens (tertiary/aromatic N) is 2. The van der Waals surface area contributed by atoms with Crippen LogP contribution in [-0.2, 0) is 17.8 Å². The van der Waals surface area contributed by atoms with Crippen LogP contribution in [0, 0.1) is 11.8 Å². The van der Waals surface area contributed by atoms with E-state index in [1.807, 2.05) is 18.3 Å². The summed E-state index contributed by atoms with van der Waals surface area (Å²) < 4.78 is 5.86. The number of benzene rings is 1. The maximum Gasteiger partial charge on any atom is 0.223 e. The smallest absolute Gasteiger partial charge is 0.223 e. The first-order valence-corrected chi connectivity index (χ1v) is 11.9. The summed E-state index contributed by atoms with van der Waals surface area (Å²) in [5.74, 6) is 1.83. The minimum absolute atomic E-state index is 0.00799. The van der Waals surface area contributed by atoms with Gasteiger partial charge >= 0.3 is 0 Å². The van der Waals surface area contributed by atoms with E-state index in [4.69, 9.17) is 4.74 Å². The third kappa shape index (κ3) is 4.62. The van der Waals surface area contributed by atoms with Gasteiger partial charge in [-0.25, -0.2) is 0 Å². The van der Waals surface area contributed by atoms with Crippen molar-refractivity contribution < 1.29 is 9.53 Å². The summed E-state index contributed by atoms with van der Waals surface area (Å²) in [6.45, 7) is 5.16. The number of nitrogens with one attached hydrogen (secondary N) is 1. The number of aromatic nitrogens is 1. The molecule has 164 valence electrons. The van der Waals surface area contributed by atoms with Crippen LogP contribution in [0.15, 0.2) is 42.6 Å². The molecule has 0 spiro atoms. The average Bonchev–Trinajstić information content (AvgIpc) is 3.11. The second kappa shape index (κ2) is 8.99. The molecule has 2 aliphatic heterocycles. The van der Waals surface area contributed by atoms with E-state index in [1.54, 1.807) is 0 Å². The number of hydrogen-bond acceptors (Lipinski definition) is 4. The van der Waals surface area contributed by atoms with E-state index in [1.165, 1.54) is 17.5 Å². The molecule has 1 saturated heterocycles. The third-order valence-electron chi connectivity index (χ3n) is 7.16. The van der Waals surface area contributed by atoms with E-state index < -0.39 is 0 Å². The normalized spacial score (nSPS) is 24.7. The molecule has 1 aromatic carbocycles. The molecule has 1 aliphatic carbocycles. The molecule has 0 unspecified atom stereocenters. The van der Waals surface area contributed by atoms with Gasteiger partial charge in [-0.2, -0.15) is 0 Å². The first-order valence-electron chi connectivity index (χ1n) is 11.9. The molecule has 3 atom stereocenters. The van der Waals surface area contributed by atoms with Gasteiger partial charge in [-0.1, -0.05) is 24.6 Å². The first-order chi connectivity index (χ1) is 15.2. The first kappa shape index (κ1) is 20.5. The molecule has 3 aliphatic rings. The Morgan fingerprint density at radius 2 is 2.13 bits per heavy atom. The van der Waals surface area contributed by atoms with Crippen LogP contribution >= 0.6 is 0 Å². The van der Waals surface area contributed by atoms with Gasteiger partial charge in [0.15, 0.2) is 0 Å². The molecule has 0 radical (unpaired) electrons. The fourth-order valence-corrected chi connectivity index (χ4v) is 5.27. The van der Waals surface area contributed by atoms with Crippen LogP contribution in [0.1, 0.15) is 61.9 Å². The number of fused-ring (bicyclic) bond motifs is 1. The number of pyridine rings is 1. The van der Waals surface area contributed by atoms with Gasteiger partial charge in [0.25, 0.3) is 0 Å². The van der Waals surface area contributed by atoms with Crippen molar-refractivity contribution in [3.05, 3.63) is 59.4 Å². The molecule has 1 amide bonds. The lowest BCUT2D eigenvalue weighted by Crippen LogP contribution is -2.45. The quantitative estimate of drug-likeness (QED) is 0.760. The van der Waals surface area contributed by atoms with Gasteiger partial charge in [-0.05, 0) is 74.4 Å².